The number of esters is 1. The number of carbonyl (C=O) groups excluding carboxylic acids is 2. The zero-order chi connectivity index (χ0) is 19.5. The standard InChI is InChI=1S/C22H41O4/c1-3-5-7-9-11-13-15-17-19-21(23)26-20(22(24)25)18-16-14-12-10-8-6-4-2/h20H,3-19H2,1-2H3. The first-order valence-corrected chi connectivity index (χ1v) is 11.0. The van der Waals surface area contributed by atoms with E-state index in [0.29, 0.717) is 12.8 Å². The minimum absolute atomic E-state index is 0.315. The highest BCUT2D eigenvalue weighted by Gasteiger charge is 2.23. The van der Waals surface area contributed by atoms with Crippen LogP contribution in [0.4, 0.5) is 0 Å². The molecule has 0 aromatic carbocycles. The Balaban J connectivity index is 3.69. The van der Waals surface area contributed by atoms with Gasteiger partial charge < -0.3 is 4.74 Å². The zero-order valence-electron chi connectivity index (χ0n) is 17.2. The van der Waals surface area contributed by atoms with Crippen molar-refractivity contribution in [3.8, 4) is 0 Å². The van der Waals surface area contributed by atoms with E-state index in [1.807, 2.05) is 0 Å². The molecule has 0 aromatic heterocycles. The van der Waals surface area contributed by atoms with Crippen molar-refractivity contribution in [1.29, 1.82) is 0 Å². The lowest BCUT2D eigenvalue weighted by Crippen LogP contribution is -2.26. The minimum Gasteiger partial charge on any atom is -0.450 e. The fraction of sp³-hybridized carbons (Fsp3) is 0.909. The lowest BCUT2D eigenvalue weighted by molar-refractivity contribution is -0.168. The lowest BCUT2D eigenvalue weighted by Gasteiger charge is -2.12. The van der Waals surface area contributed by atoms with Crippen molar-refractivity contribution in [2.45, 2.75) is 129 Å². The Morgan fingerprint density at radius 2 is 1.08 bits per heavy atom. The van der Waals surface area contributed by atoms with Crippen LogP contribution in [-0.4, -0.2) is 18.0 Å². The third-order valence-corrected chi connectivity index (χ3v) is 4.84. The van der Waals surface area contributed by atoms with Crippen molar-refractivity contribution in [2.75, 3.05) is 0 Å². The Morgan fingerprint density at radius 1 is 0.654 bits per heavy atom. The normalized spacial score (nSPS) is 12.1. The molecule has 4 nitrogen and oxygen atoms in total. The molecule has 0 N–H and O–H groups in total. The molecule has 26 heavy (non-hydrogen) atoms. The van der Waals surface area contributed by atoms with E-state index < -0.39 is 18.0 Å². The molecule has 0 bridgehead atoms. The number of unbranched alkanes of at least 4 members (excludes halogenated alkanes) is 13. The quantitative estimate of drug-likeness (QED) is 0.192. The van der Waals surface area contributed by atoms with Crippen LogP contribution in [0.3, 0.4) is 0 Å². The zero-order valence-corrected chi connectivity index (χ0v) is 17.2. The number of hydrogen-bond acceptors (Lipinski definition) is 3. The van der Waals surface area contributed by atoms with Crippen molar-refractivity contribution in [2.24, 2.45) is 0 Å². The molecule has 0 spiro atoms. The maximum absolute atomic E-state index is 11.8. The van der Waals surface area contributed by atoms with Crippen LogP contribution in [0.15, 0.2) is 0 Å². The molecule has 0 saturated heterocycles. The molecular formula is C22H41O4. The van der Waals surface area contributed by atoms with Gasteiger partial charge in [-0.05, 0) is 19.3 Å². The molecule has 0 rings (SSSR count). The third kappa shape index (κ3) is 16.4. The first kappa shape index (κ1) is 24.9. The summed E-state index contributed by atoms with van der Waals surface area (Å²) in [6.07, 6.45) is 16.7. The highest BCUT2D eigenvalue weighted by atomic mass is 16.6. The molecule has 0 heterocycles. The second kappa shape index (κ2) is 18.7. The van der Waals surface area contributed by atoms with Crippen molar-refractivity contribution >= 4 is 11.9 Å². The Kier molecular flexibility index (Phi) is 18.0. The van der Waals surface area contributed by atoms with Gasteiger partial charge >= 0.3 is 11.9 Å². The fourth-order valence-electron chi connectivity index (χ4n) is 3.13. The smallest absolute Gasteiger partial charge is 0.395 e. The van der Waals surface area contributed by atoms with E-state index in [4.69, 9.17) is 4.74 Å². The molecule has 0 aliphatic heterocycles. The summed E-state index contributed by atoms with van der Waals surface area (Å²) < 4.78 is 5.12. The van der Waals surface area contributed by atoms with Crippen LogP contribution in [0.2, 0.25) is 0 Å². The van der Waals surface area contributed by atoms with E-state index in [2.05, 4.69) is 13.8 Å². The molecule has 1 atom stereocenters. The van der Waals surface area contributed by atoms with Crippen LogP contribution in [0.1, 0.15) is 123 Å². The highest BCUT2D eigenvalue weighted by molar-refractivity contribution is 5.77. The first-order chi connectivity index (χ1) is 12.6. The maximum Gasteiger partial charge on any atom is 0.395 e. The summed E-state index contributed by atoms with van der Waals surface area (Å²) in [5, 5.41) is 11.2. The number of carbonyl (C=O) groups is 2. The molecule has 0 aromatic rings. The SMILES string of the molecule is CCCCCCCCCCC(=O)OC(CCCCCCCCC)C([O])=O. The van der Waals surface area contributed by atoms with Crippen molar-refractivity contribution in [3.63, 3.8) is 0 Å². The van der Waals surface area contributed by atoms with Crippen LogP contribution in [-0.2, 0) is 19.4 Å². The second-order valence-corrected chi connectivity index (χ2v) is 7.43. The molecule has 153 valence electrons. The number of ether oxygens (including phenoxy) is 1. The number of rotatable bonds is 19. The summed E-state index contributed by atoms with van der Waals surface area (Å²) >= 11 is 0. The van der Waals surface area contributed by atoms with Crippen LogP contribution >= 0.6 is 0 Å². The van der Waals surface area contributed by atoms with Gasteiger partial charge in [-0.25, -0.2) is 9.90 Å². The lowest BCUT2D eigenvalue weighted by atomic mass is 10.1. The van der Waals surface area contributed by atoms with E-state index in [1.165, 1.54) is 57.8 Å². The van der Waals surface area contributed by atoms with Crippen LogP contribution in [0.5, 0.6) is 0 Å². The van der Waals surface area contributed by atoms with Gasteiger partial charge in [-0.3, -0.25) is 4.79 Å². The molecule has 4 heteroatoms. The predicted octanol–water partition coefficient (Wildman–Crippen LogP) is 6.53. The molecule has 0 saturated carbocycles. The maximum atomic E-state index is 11.8. The molecule has 1 radical (unpaired) electrons. The summed E-state index contributed by atoms with van der Waals surface area (Å²) in [6.45, 7) is 4.39. The van der Waals surface area contributed by atoms with Crippen LogP contribution < -0.4 is 0 Å². The summed E-state index contributed by atoms with van der Waals surface area (Å²) in [6, 6.07) is 0. The van der Waals surface area contributed by atoms with Gasteiger partial charge in [0, 0.05) is 6.42 Å². The van der Waals surface area contributed by atoms with Gasteiger partial charge in [0.15, 0.2) is 0 Å². The summed E-state index contributed by atoms with van der Waals surface area (Å²) in [5.74, 6) is -1.66. The summed E-state index contributed by atoms with van der Waals surface area (Å²) in [4.78, 5) is 23.0. The van der Waals surface area contributed by atoms with Gasteiger partial charge in [-0.2, -0.15) is 0 Å². The van der Waals surface area contributed by atoms with Crippen molar-refractivity contribution < 1.29 is 19.4 Å². The Labute approximate surface area is 161 Å². The average Bonchev–Trinajstić information content (AvgIpc) is 2.62. The van der Waals surface area contributed by atoms with Crippen LogP contribution in [0, 0.1) is 0 Å². The molecule has 0 fully saturated rings. The molecular weight excluding hydrogens is 328 g/mol. The molecule has 0 aliphatic rings. The third-order valence-electron chi connectivity index (χ3n) is 4.84. The predicted molar refractivity (Wildman–Crippen MR) is 105 cm³/mol. The number of hydrogen-bond donors (Lipinski definition) is 0. The van der Waals surface area contributed by atoms with E-state index >= 15 is 0 Å². The first-order valence-electron chi connectivity index (χ1n) is 11.0. The van der Waals surface area contributed by atoms with E-state index in [0.717, 1.165) is 38.5 Å². The monoisotopic (exact) mass is 369 g/mol. The topological polar surface area (TPSA) is 63.3 Å². The fourth-order valence-corrected chi connectivity index (χ4v) is 3.13. The molecule has 1 unspecified atom stereocenters. The van der Waals surface area contributed by atoms with Gasteiger partial charge in [0.25, 0.3) is 0 Å². The van der Waals surface area contributed by atoms with Gasteiger partial charge in [-0.15, -0.1) is 0 Å². The average molecular weight is 370 g/mol. The van der Waals surface area contributed by atoms with Crippen LogP contribution in [0.25, 0.3) is 0 Å². The highest BCUT2D eigenvalue weighted by Crippen LogP contribution is 2.14. The van der Waals surface area contributed by atoms with E-state index in [9.17, 15) is 14.7 Å². The van der Waals surface area contributed by atoms with Gasteiger partial charge in [0.2, 0.25) is 6.10 Å². The van der Waals surface area contributed by atoms with E-state index in [-0.39, 0.29) is 0 Å². The van der Waals surface area contributed by atoms with Gasteiger partial charge in [0.05, 0.1) is 0 Å². The van der Waals surface area contributed by atoms with Crippen molar-refractivity contribution in [3.05, 3.63) is 0 Å². The second-order valence-electron chi connectivity index (χ2n) is 7.43. The van der Waals surface area contributed by atoms with Gasteiger partial charge in [-0.1, -0.05) is 97.3 Å². The Morgan fingerprint density at radius 3 is 1.54 bits per heavy atom. The Bertz CT molecular complexity index is 341. The van der Waals surface area contributed by atoms with Gasteiger partial charge in [0.1, 0.15) is 0 Å². The largest absolute Gasteiger partial charge is 0.450 e. The summed E-state index contributed by atoms with van der Waals surface area (Å²) in [7, 11) is 0. The van der Waals surface area contributed by atoms with Crippen molar-refractivity contribution in [1.82, 2.24) is 0 Å². The Hall–Kier alpha value is -1.06. The molecule has 0 aliphatic carbocycles. The summed E-state index contributed by atoms with van der Waals surface area (Å²) in [5.41, 5.74) is 0. The minimum atomic E-state index is -1.26. The molecule has 0 amide bonds. The van der Waals surface area contributed by atoms with E-state index in [1.54, 1.807) is 0 Å².